The van der Waals surface area contributed by atoms with E-state index in [1.165, 1.54) is 52.9 Å². The zero-order valence-electron chi connectivity index (χ0n) is 18.5. The standard InChI is InChI=1S/C23H25N5O4S/c1-32-14-19-24-21(20-17-4-2-3-5-18(17)33-22(20)25-19)26-10-12-27(13-11-26)23(29)15-6-8-16(9-7-15)28(30)31/h6-9H,2-5,10-14H2,1H3. The second-order valence-corrected chi connectivity index (χ2v) is 9.45. The average molecular weight is 468 g/mol. The van der Waals surface area contributed by atoms with Crippen molar-refractivity contribution in [2.75, 3.05) is 38.2 Å². The number of nitro groups is 1. The Kier molecular flexibility index (Phi) is 5.94. The third kappa shape index (κ3) is 4.16. The molecule has 0 unspecified atom stereocenters. The van der Waals surface area contributed by atoms with Gasteiger partial charge in [0.1, 0.15) is 17.3 Å². The molecule has 3 aromatic rings. The molecule has 1 saturated heterocycles. The van der Waals surface area contributed by atoms with Gasteiger partial charge in [-0.1, -0.05) is 0 Å². The average Bonchev–Trinajstić information content (AvgIpc) is 3.22. The first kappa shape index (κ1) is 21.7. The largest absolute Gasteiger partial charge is 0.377 e. The van der Waals surface area contributed by atoms with Gasteiger partial charge in [0.2, 0.25) is 0 Å². The fraction of sp³-hybridized carbons (Fsp3) is 0.435. The lowest BCUT2D eigenvalue weighted by molar-refractivity contribution is -0.384. The fourth-order valence-electron chi connectivity index (χ4n) is 4.63. The summed E-state index contributed by atoms with van der Waals surface area (Å²) in [6.45, 7) is 2.83. The quantitative estimate of drug-likeness (QED) is 0.417. The summed E-state index contributed by atoms with van der Waals surface area (Å²) in [6.07, 6.45) is 4.58. The minimum atomic E-state index is -0.462. The molecule has 0 atom stereocenters. The molecule has 0 radical (unpaired) electrons. The summed E-state index contributed by atoms with van der Waals surface area (Å²) in [6, 6.07) is 5.79. The maximum absolute atomic E-state index is 12.9. The summed E-state index contributed by atoms with van der Waals surface area (Å²) in [4.78, 5) is 39.5. The van der Waals surface area contributed by atoms with Gasteiger partial charge in [-0.15, -0.1) is 11.3 Å². The number of benzene rings is 1. The van der Waals surface area contributed by atoms with Crippen molar-refractivity contribution in [3.63, 3.8) is 0 Å². The van der Waals surface area contributed by atoms with Gasteiger partial charge in [0.25, 0.3) is 11.6 Å². The van der Waals surface area contributed by atoms with Gasteiger partial charge in [-0.05, 0) is 43.4 Å². The van der Waals surface area contributed by atoms with Gasteiger partial charge in [0.15, 0.2) is 5.82 Å². The van der Waals surface area contributed by atoms with Crippen LogP contribution >= 0.6 is 11.3 Å². The van der Waals surface area contributed by atoms with Crippen molar-refractivity contribution in [1.82, 2.24) is 14.9 Å². The number of non-ortho nitro benzene ring substituents is 1. The summed E-state index contributed by atoms with van der Waals surface area (Å²) in [5, 5.41) is 12.0. The van der Waals surface area contributed by atoms with Crippen LogP contribution in [-0.2, 0) is 24.2 Å². The first-order valence-electron chi connectivity index (χ1n) is 11.1. The molecule has 0 spiro atoms. The Morgan fingerprint density at radius 2 is 1.85 bits per heavy atom. The Labute approximate surface area is 195 Å². The van der Waals surface area contributed by atoms with Gasteiger partial charge in [0.05, 0.1) is 10.3 Å². The molecule has 0 bridgehead atoms. The zero-order chi connectivity index (χ0) is 22.9. The normalized spacial score (nSPS) is 16.2. The van der Waals surface area contributed by atoms with Crippen LogP contribution in [0, 0.1) is 10.1 Å². The molecule has 2 aromatic heterocycles. The number of anilines is 1. The Bertz CT molecular complexity index is 1200. The van der Waals surface area contributed by atoms with E-state index in [1.54, 1.807) is 23.3 Å². The van der Waals surface area contributed by atoms with Crippen LogP contribution in [-0.4, -0.2) is 59.0 Å². The number of aromatic nitrogens is 2. The summed E-state index contributed by atoms with van der Waals surface area (Å²) >= 11 is 1.78. The lowest BCUT2D eigenvalue weighted by Gasteiger charge is -2.36. The smallest absolute Gasteiger partial charge is 0.269 e. The van der Waals surface area contributed by atoms with E-state index in [0.29, 0.717) is 44.2 Å². The van der Waals surface area contributed by atoms with Gasteiger partial charge in [0, 0.05) is 55.9 Å². The molecule has 1 amide bonds. The van der Waals surface area contributed by atoms with Crippen LogP contribution in [0.2, 0.25) is 0 Å². The van der Waals surface area contributed by atoms with E-state index in [1.807, 2.05) is 0 Å². The number of methoxy groups -OCH3 is 1. The van der Waals surface area contributed by atoms with Gasteiger partial charge < -0.3 is 14.5 Å². The van der Waals surface area contributed by atoms with Crippen molar-refractivity contribution in [2.24, 2.45) is 0 Å². The molecule has 9 nitrogen and oxygen atoms in total. The molecule has 1 aliphatic carbocycles. The molecule has 172 valence electrons. The zero-order valence-corrected chi connectivity index (χ0v) is 19.3. The molecular formula is C23H25N5O4S. The molecule has 1 aromatic carbocycles. The highest BCUT2D eigenvalue weighted by atomic mass is 32.1. The number of rotatable bonds is 5. The number of amides is 1. The summed E-state index contributed by atoms with van der Waals surface area (Å²) in [5.74, 6) is 1.53. The second kappa shape index (κ2) is 9.03. The maximum Gasteiger partial charge on any atom is 0.269 e. The molecule has 10 heteroatoms. The SMILES string of the molecule is COCc1nc(N2CCN(C(=O)c3ccc([N+](=O)[O-])cc3)CC2)c2c3c(sc2n1)CCCC3. The number of aryl methyl sites for hydroxylation is 2. The molecule has 2 aliphatic rings. The van der Waals surface area contributed by atoms with E-state index in [2.05, 4.69) is 4.90 Å². The summed E-state index contributed by atoms with van der Waals surface area (Å²) in [7, 11) is 1.65. The Hall–Kier alpha value is -3.11. The highest BCUT2D eigenvalue weighted by Gasteiger charge is 2.28. The molecule has 3 heterocycles. The fourth-order valence-corrected chi connectivity index (χ4v) is 5.91. The van der Waals surface area contributed by atoms with Crippen LogP contribution in [0.15, 0.2) is 24.3 Å². The number of carbonyl (C=O) groups is 1. The number of nitro benzene ring substituents is 1. The molecule has 1 fully saturated rings. The van der Waals surface area contributed by atoms with Crippen molar-refractivity contribution in [3.8, 4) is 0 Å². The van der Waals surface area contributed by atoms with Gasteiger partial charge in [-0.3, -0.25) is 14.9 Å². The highest BCUT2D eigenvalue weighted by molar-refractivity contribution is 7.19. The number of nitrogens with zero attached hydrogens (tertiary/aromatic N) is 5. The van der Waals surface area contributed by atoms with E-state index in [0.717, 1.165) is 23.5 Å². The van der Waals surface area contributed by atoms with Crippen molar-refractivity contribution in [2.45, 2.75) is 32.3 Å². The minimum absolute atomic E-state index is 0.0184. The molecule has 5 rings (SSSR count). The number of carbonyl (C=O) groups excluding carboxylic acids is 1. The summed E-state index contributed by atoms with van der Waals surface area (Å²) < 4.78 is 5.31. The first-order chi connectivity index (χ1) is 16.0. The van der Waals surface area contributed by atoms with Gasteiger partial charge in [-0.25, -0.2) is 9.97 Å². The van der Waals surface area contributed by atoms with Crippen LogP contribution in [0.5, 0.6) is 0 Å². The number of ether oxygens (including phenoxy) is 1. The maximum atomic E-state index is 12.9. The number of hydrogen-bond donors (Lipinski definition) is 0. The third-order valence-electron chi connectivity index (χ3n) is 6.31. The van der Waals surface area contributed by atoms with Crippen molar-refractivity contribution >= 4 is 39.0 Å². The van der Waals surface area contributed by atoms with Gasteiger partial charge >= 0.3 is 0 Å². The number of hydrogen-bond acceptors (Lipinski definition) is 8. The second-order valence-electron chi connectivity index (χ2n) is 8.37. The van der Waals surface area contributed by atoms with E-state index < -0.39 is 4.92 Å². The van der Waals surface area contributed by atoms with Crippen molar-refractivity contribution in [3.05, 3.63) is 56.2 Å². The molecule has 0 N–H and O–H groups in total. The van der Waals surface area contributed by atoms with Crippen molar-refractivity contribution in [1.29, 1.82) is 0 Å². The third-order valence-corrected chi connectivity index (χ3v) is 7.49. The van der Waals surface area contributed by atoms with E-state index in [9.17, 15) is 14.9 Å². The van der Waals surface area contributed by atoms with Crippen LogP contribution in [0.4, 0.5) is 11.5 Å². The van der Waals surface area contributed by atoms with Crippen LogP contribution in [0.25, 0.3) is 10.2 Å². The number of thiophene rings is 1. The predicted molar refractivity (Wildman–Crippen MR) is 126 cm³/mol. The molecule has 1 aliphatic heterocycles. The highest BCUT2D eigenvalue weighted by Crippen LogP contribution is 2.40. The lowest BCUT2D eigenvalue weighted by Crippen LogP contribution is -2.49. The van der Waals surface area contributed by atoms with Crippen LogP contribution in [0.1, 0.15) is 39.5 Å². The topological polar surface area (TPSA) is 102 Å². The molecule has 33 heavy (non-hydrogen) atoms. The van der Waals surface area contributed by atoms with E-state index in [-0.39, 0.29) is 11.6 Å². The first-order valence-corrected chi connectivity index (χ1v) is 12.0. The van der Waals surface area contributed by atoms with Gasteiger partial charge in [-0.2, -0.15) is 0 Å². The number of fused-ring (bicyclic) bond motifs is 3. The minimum Gasteiger partial charge on any atom is -0.377 e. The van der Waals surface area contributed by atoms with Crippen LogP contribution < -0.4 is 4.90 Å². The Morgan fingerprint density at radius 3 is 2.55 bits per heavy atom. The molecular weight excluding hydrogens is 442 g/mol. The van der Waals surface area contributed by atoms with Crippen molar-refractivity contribution < 1.29 is 14.5 Å². The monoisotopic (exact) mass is 467 g/mol. The van der Waals surface area contributed by atoms with Crippen LogP contribution in [0.3, 0.4) is 0 Å². The number of piperazine rings is 1. The predicted octanol–water partition coefficient (Wildman–Crippen LogP) is 3.59. The Morgan fingerprint density at radius 1 is 1.12 bits per heavy atom. The Balaban J connectivity index is 1.38. The summed E-state index contributed by atoms with van der Waals surface area (Å²) in [5.41, 5.74) is 1.84. The van der Waals surface area contributed by atoms with E-state index in [4.69, 9.17) is 14.7 Å². The lowest BCUT2D eigenvalue weighted by atomic mass is 9.97. The van der Waals surface area contributed by atoms with E-state index >= 15 is 0 Å². The molecule has 0 saturated carbocycles.